The third-order valence-corrected chi connectivity index (χ3v) is 10.9. The fourth-order valence-corrected chi connectivity index (χ4v) is 8.26. The van der Waals surface area contributed by atoms with Gasteiger partial charge in [-0.1, -0.05) is 18.0 Å². The lowest BCUT2D eigenvalue weighted by Crippen LogP contribution is -2.58. The van der Waals surface area contributed by atoms with Crippen LogP contribution in [0.5, 0.6) is 0 Å². The normalized spacial score (nSPS) is 29.7. The topological polar surface area (TPSA) is 70.2 Å². The third-order valence-electron chi connectivity index (χ3n) is 8.65. The highest BCUT2D eigenvalue weighted by Crippen LogP contribution is 2.53. The molecule has 2 heterocycles. The van der Waals surface area contributed by atoms with E-state index >= 15 is 0 Å². The van der Waals surface area contributed by atoms with E-state index in [9.17, 15) is 13.2 Å². The number of ether oxygens (including phenoxy) is 1. The van der Waals surface area contributed by atoms with Gasteiger partial charge in [-0.2, -0.15) is 4.31 Å². The first-order valence-corrected chi connectivity index (χ1v) is 15.2. The molecule has 0 radical (unpaired) electrons. The average Bonchev–Trinajstić information content (AvgIpc) is 3.70. The Morgan fingerprint density at radius 3 is 2.26 bits per heavy atom. The number of halogens is 1. The number of hydrogen-bond acceptors (Lipinski definition) is 5. The predicted octanol–water partition coefficient (Wildman–Crippen LogP) is 4.36. The zero-order chi connectivity index (χ0) is 24.2. The summed E-state index contributed by atoms with van der Waals surface area (Å²) >= 11 is 6.04. The summed E-state index contributed by atoms with van der Waals surface area (Å²) in [5, 5.41) is 0.516. The SMILES string of the molecule is O=C(OC1([C@H]2CCC[C@@H](C3CC3)N2S(=O)(=O)c2ccc(Cl)cc2)CC1)N1CCN(CC2CC2)CC1. The molecule has 0 aromatic heterocycles. The summed E-state index contributed by atoms with van der Waals surface area (Å²) < 4.78 is 35.9. The van der Waals surface area contributed by atoms with Gasteiger partial charge < -0.3 is 9.64 Å². The summed E-state index contributed by atoms with van der Waals surface area (Å²) in [7, 11) is -3.74. The Labute approximate surface area is 213 Å². The number of sulfonamides is 1. The van der Waals surface area contributed by atoms with E-state index in [0.717, 1.165) is 70.5 Å². The minimum Gasteiger partial charge on any atom is -0.441 e. The Bertz CT molecular complexity index is 1040. The van der Waals surface area contributed by atoms with Crippen LogP contribution in [0.15, 0.2) is 29.2 Å². The highest BCUT2D eigenvalue weighted by Gasteiger charge is 2.61. The largest absolute Gasteiger partial charge is 0.441 e. The van der Waals surface area contributed by atoms with Crippen LogP contribution in [0.1, 0.15) is 57.8 Å². The Morgan fingerprint density at radius 1 is 0.971 bits per heavy atom. The van der Waals surface area contributed by atoms with Crippen molar-refractivity contribution < 1.29 is 17.9 Å². The molecule has 2 aliphatic heterocycles. The second-order valence-electron chi connectivity index (χ2n) is 11.3. The van der Waals surface area contributed by atoms with Crippen LogP contribution in [0.4, 0.5) is 4.79 Å². The first-order valence-electron chi connectivity index (χ1n) is 13.4. The Balaban J connectivity index is 1.20. The van der Waals surface area contributed by atoms with Gasteiger partial charge in [0.05, 0.1) is 10.9 Å². The minimum absolute atomic E-state index is 0.0171. The first kappa shape index (κ1) is 24.0. The van der Waals surface area contributed by atoms with Gasteiger partial charge in [-0.15, -0.1) is 0 Å². The lowest BCUT2D eigenvalue weighted by Gasteiger charge is -2.45. The van der Waals surface area contributed by atoms with Crippen molar-refractivity contribution in [3.63, 3.8) is 0 Å². The summed E-state index contributed by atoms with van der Waals surface area (Å²) in [5.41, 5.74) is -0.699. The molecular weight excluding hydrogens is 486 g/mol. The van der Waals surface area contributed by atoms with Gasteiger partial charge in [0.25, 0.3) is 0 Å². The van der Waals surface area contributed by atoms with Crippen molar-refractivity contribution >= 4 is 27.7 Å². The Kier molecular flexibility index (Phi) is 6.31. The van der Waals surface area contributed by atoms with E-state index < -0.39 is 15.6 Å². The Morgan fingerprint density at radius 2 is 1.66 bits per heavy atom. The van der Waals surface area contributed by atoms with Gasteiger partial charge in [0.15, 0.2) is 0 Å². The van der Waals surface area contributed by atoms with Crippen molar-refractivity contribution in [3.05, 3.63) is 29.3 Å². The summed E-state index contributed by atoms with van der Waals surface area (Å²) in [6.07, 6.45) is 8.59. The summed E-state index contributed by atoms with van der Waals surface area (Å²) in [4.78, 5) is 17.8. The quantitative estimate of drug-likeness (QED) is 0.533. The van der Waals surface area contributed by atoms with Gasteiger partial charge in [0, 0.05) is 43.8 Å². The van der Waals surface area contributed by atoms with Crippen molar-refractivity contribution in [1.82, 2.24) is 14.1 Å². The molecule has 0 spiro atoms. The molecule has 7 nitrogen and oxygen atoms in total. The van der Waals surface area contributed by atoms with Gasteiger partial charge in [-0.25, -0.2) is 13.2 Å². The summed E-state index contributed by atoms with van der Waals surface area (Å²) in [6.45, 7) is 4.30. The second kappa shape index (κ2) is 9.19. The number of piperazine rings is 1. The average molecular weight is 522 g/mol. The number of benzene rings is 1. The van der Waals surface area contributed by atoms with Crippen LogP contribution in [0.2, 0.25) is 5.02 Å². The van der Waals surface area contributed by atoms with E-state index in [1.807, 2.05) is 4.90 Å². The number of piperidine rings is 1. The molecule has 5 aliphatic rings. The van der Waals surface area contributed by atoms with Crippen LogP contribution in [0.3, 0.4) is 0 Å². The highest BCUT2D eigenvalue weighted by molar-refractivity contribution is 7.89. The predicted molar refractivity (Wildman–Crippen MR) is 134 cm³/mol. The van der Waals surface area contributed by atoms with E-state index in [1.54, 1.807) is 28.6 Å². The molecule has 0 unspecified atom stereocenters. The van der Waals surface area contributed by atoms with Crippen LogP contribution < -0.4 is 0 Å². The van der Waals surface area contributed by atoms with Gasteiger partial charge in [0.1, 0.15) is 5.60 Å². The summed E-state index contributed by atoms with van der Waals surface area (Å²) in [5.74, 6) is 1.26. The molecule has 192 valence electrons. The van der Waals surface area contributed by atoms with Gasteiger partial charge in [-0.05, 0) is 87.5 Å². The maximum absolute atomic E-state index is 14.0. The maximum Gasteiger partial charge on any atom is 0.410 e. The van der Waals surface area contributed by atoms with Crippen molar-refractivity contribution in [2.45, 2.75) is 80.4 Å². The fourth-order valence-electron chi connectivity index (χ4n) is 6.14. The lowest BCUT2D eigenvalue weighted by molar-refractivity contribution is -0.0161. The molecule has 2 atom stereocenters. The molecule has 2 saturated heterocycles. The van der Waals surface area contributed by atoms with Crippen molar-refractivity contribution in [2.75, 3.05) is 32.7 Å². The molecule has 9 heteroatoms. The molecule has 0 N–H and O–H groups in total. The van der Waals surface area contributed by atoms with Gasteiger partial charge in [0.2, 0.25) is 10.0 Å². The fraction of sp³-hybridized carbons (Fsp3) is 0.731. The monoisotopic (exact) mass is 521 g/mol. The number of nitrogens with zero attached hydrogens (tertiary/aromatic N) is 3. The van der Waals surface area contributed by atoms with E-state index in [0.29, 0.717) is 24.0 Å². The number of carbonyl (C=O) groups is 1. The molecule has 3 saturated carbocycles. The van der Waals surface area contributed by atoms with Crippen molar-refractivity contribution in [1.29, 1.82) is 0 Å². The number of amides is 1. The van der Waals surface area contributed by atoms with E-state index in [-0.39, 0.29) is 23.1 Å². The standard InChI is InChI=1S/C26H36ClN3O4S/c27-21-8-10-22(11-9-21)35(32,33)30-23(20-6-7-20)2-1-3-24(30)26(12-13-26)34-25(31)29-16-14-28(15-17-29)18-19-4-5-19/h8-11,19-20,23-24H,1-7,12-18H2/t23-,24+/m0/s1. The van der Waals surface area contributed by atoms with E-state index in [1.165, 1.54) is 12.8 Å². The lowest BCUT2D eigenvalue weighted by atomic mass is 9.91. The smallest absolute Gasteiger partial charge is 0.410 e. The third kappa shape index (κ3) is 4.96. The molecule has 3 aliphatic carbocycles. The van der Waals surface area contributed by atoms with Crippen LogP contribution in [-0.2, 0) is 14.8 Å². The van der Waals surface area contributed by atoms with Crippen LogP contribution >= 0.6 is 11.6 Å². The molecule has 1 aromatic carbocycles. The zero-order valence-electron chi connectivity index (χ0n) is 20.3. The number of rotatable bonds is 7. The maximum atomic E-state index is 14.0. The van der Waals surface area contributed by atoms with Gasteiger partial charge >= 0.3 is 6.09 Å². The van der Waals surface area contributed by atoms with Crippen molar-refractivity contribution in [3.8, 4) is 0 Å². The molecule has 6 rings (SSSR count). The number of carbonyl (C=O) groups excluding carboxylic acids is 1. The zero-order valence-corrected chi connectivity index (χ0v) is 21.9. The minimum atomic E-state index is -3.74. The number of hydrogen-bond donors (Lipinski definition) is 0. The Hall–Kier alpha value is -1.35. The van der Waals surface area contributed by atoms with Crippen LogP contribution in [-0.4, -0.2) is 79.0 Å². The molecule has 1 amide bonds. The highest BCUT2D eigenvalue weighted by atomic mass is 35.5. The first-order chi connectivity index (χ1) is 16.9. The van der Waals surface area contributed by atoms with E-state index in [4.69, 9.17) is 16.3 Å². The summed E-state index contributed by atoms with van der Waals surface area (Å²) in [6, 6.07) is 6.14. The van der Waals surface area contributed by atoms with Gasteiger partial charge in [-0.3, -0.25) is 4.90 Å². The van der Waals surface area contributed by atoms with Crippen LogP contribution in [0.25, 0.3) is 0 Å². The molecule has 1 aromatic rings. The second-order valence-corrected chi connectivity index (χ2v) is 13.6. The molecule has 5 fully saturated rings. The molecule has 35 heavy (non-hydrogen) atoms. The molecule has 0 bridgehead atoms. The molecular formula is C26H36ClN3O4S. The van der Waals surface area contributed by atoms with Crippen molar-refractivity contribution in [2.24, 2.45) is 11.8 Å². The van der Waals surface area contributed by atoms with Crippen LogP contribution in [0, 0.1) is 11.8 Å². The van der Waals surface area contributed by atoms with E-state index in [2.05, 4.69) is 4.90 Å².